The van der Waals surface area contributed by atoms with Gasteiger partial charge >= 0.3 is 0 Å². The molecule has 2 aliphatic rings. The minimum Gasteiger partial charge on any atom is -0.379 e. The van der Waals surface area contributed by atoms with Gasteiger partial charge in [0, 0.05) is 19.2 Å². The van der Waals surface area contributed by atoms with Gasteiger partial charge in [-0.05, 0) is 38.0 Å². The Kier molecular flexibility index (Phi) is 5.67. The van der Waals surface area contributed by atoms with Crippen LogP contribution in [0.1, 0.15) is 59.3 Å². The highest BCUT2D eigenvalue weighted by Crippen LogP contribution is 2.37. The molecule has 0 bridgehead atoms. The molecule has 0 amide bonds. The van der Waals surface area contributed by atoms with Crippen LogP contribution in [0.25, 0.3) is 0 Å². The van der Waals surface area contributed by atoms with Crippen molar-refractivity contribution in [3.05, 3.63) is 0 Å². The first-order chi connectivity index (χ1) is 9.13. The van der Waals surface area contributed by atoms with Crippen LogP contribution in [0.4, 0.5) is 0 Å². The lowest BCUT2D eigenvalue weighted by Crippen LogP contribution is -2.49. The fraction of sp³-hybridized carbons (Fsp3) is 1.00. The van der Waals surface area contributed by atoms with Gasteiger partial charge in [0.25, 0.3) is 0 Å². The lowest BCUT2D eigenvalue weighted by atomic mass is 9.77. The summed E-state index contributed by atoms with van der Waals surface area (Å²) >= 11 is 0. The van der Waals surface area contributed by atoms with Gasteiger partial charge in [0.15, 0.2) is 0 Å². The summed E-state index contributed by atoms with van der Waals surface area (Å²) in [5.41, 5.74) is 0.0638. The smallest absolute Gasteiger partial charge is 0.0838 e. The second-order valence-electron chi connectivity index (χ2n) is 6.67. The zero-order chi connectivity index (χ0) is 13.7. The maximum absolute atomic E-state index is 6.50. The van der Waals surface area contributed by atoms with E-state index in [1.807, 2.05) is 0 Å². The Hall–Kier alpha value is -0.120. The van der Waals surface area contributed by atoms with Crippen LogP contribution in [0.5, 0.6) is 0 Å². The average Bonchev–Trinajstić information content (AvgIpc) is 2.90. The minimum atomic E-state index is 0.0638. The van der Waals surface area contributed by atoms with Crippen molar-refractivity contribution < 1.29 is 9.47 Å². The van der Waals surface area contributed by atoms with Crippen LogP contribution in [0, 0.1) is 5.92 Å². The SMILES string of the molecule is CCC1CCC(CNC(C)C)(OC2CCOC2)CC1. The molecule has 2 fully saturated rings. The third-order valence-corrected chi connectivity index (χ3v) is 4.73. The van der Waals surface area contributed by atoms with E-state index in [0.717, 1.165) is 32.1 Å². The first-order valence-electron chi connectivity index (χ1n) is 8.12. The van der Waals surface area contributed by atoms with Crippen molar-refractivity contribution in [2.45, 2.75) is 77.0 Å². The summed E-state index contributed by atoms with van der Waals surface area (Å²) in [6.07, 6.45) is 7.78. The second-order valence-corrected chi connectivity index (χ2v) is 6.67. The molecule has 0 spiro atoms. The van der Waals surface area contributed by atoms with Crippen LogP contribution in [0.15, 0.2) is 0 Å². The lowest BCUT2D eigenvalue weighted by Gasteiger charge is -2.42. The molecule has 0 radical (unpaired) electrons. The zero-order valence-electron chi connectivity index (χ0n) is 12.9. The molecule has 3 heteroatoms. The number of hydrogen-bond acceptors (Lipinski definition) is 3. The molecule has 0 aromatic heterocycles. The van der Waals surface area contributed by atoms with E-state index >= 15 is 0 Å². The molecule has 112 valence electrons. The van der Waals surface area contributed by atoms with E-state index in [1.54, 1.807) is 0 Å². The third-order valence-electron chi connectivity index (χ3n) is 4.73. The Morgan fingerprint density at radius 2 is 2.00 bits per heavy atom. The van der Waals surface area contributed by atoms with Gasteiger partial charge in [-0.2, -0.15) is 0 Å². The molecule has 1 saturated heterocycles. The Balaban J connectivity index is 1.92. The van der Waals surface area contributed by atoms with E-state index in [1.165, 1.54) is 32.1 Å². The van der Waals surface area contributed by atoms with E-state index in [-0.39, 0.29) is 5.60 Å². The molecule has 3 nitrogen and oxygen atoms in total. The van der Waals surface area contributed by atoms with Gasteiger partial charge < -0.3 is 14.8 Å². The monoisotopic (exact) mass is 269 g/mol. The van der Waals surface area contributed by atoms with Gasteiger partial charge in [-0.3, -0.25) is 0 Å². The maximum atomic E-state index is 6.50. The average molecular weight is 269 g/mol. The quantitative estimate of drug-likeness (QED) is 0.803. The summed E-state index contributed by atoms with van der Waals surface area (Å²) in [5, 5.41) is 3.60. The Morgan fingerprint density at radius 3 is 2.53 bits per heavy atom. The molecule has 1 unspecified atom stereocenters. The predicted octanol–water partition coefficient (Wildman–Crippen LogP) is 3.13. The Labute approximate surface area is 118 Å². The van der Waals surface area contributed by atoms with Crippen molar-refractivity contribution in [3.8, 4) is 0 Å². The standard InChI is InChI=1S/C16H31NO2/c1-4-14-5-8-16(9-6-14,12-17-13(2)3)19-15-7-10-18-11-15/h13-15,17H,4-12H2,1-3H3. The van der Waals surface area contributed by atoms with E-state index in [4.69, 9.17) is 9.47 Å². The summed E-state index contributed by atoms with van der Waals surface area (Å²) < 4.78 is 12.0. The molecule has 19 heavy (non-hydrogen) atoms. The molecule has 1 N–H and O–H groups in total. The van der Waals surface area contributed by atoms with Gasteiger partial charge in [0.2, 0.25) is 0 Å². The maximum Gasteiger partial charge on any atom is 0.0838 e. The molecule has 2 rings (SSSR count). The van der Waals surface area contributed by atoms with E-state index < -0.39 is 0 Å². The second kappa shape index (κ2) is 7.05. The van der Waals surface area contributed by atoms with Crippen molar-refractivity contribution >= 4 is 0 Å². The van der Waals surface area contributed by atoms with Crippen LogP contribution in [0.2, 0.25) is 0 Å². The van der Waals surface area contributed by atoms with Gasteiger partial charge in [0.1, 0.15) is 0 Å². The highest BCUT2D eigenvalue weighted by molar-refractivity contribution is 4.91. The molecular weight excluding hydrogens is 238 g/mol. The van der Waals surface area contributed by atoms with E-state index in [2.05, 4.69) is 26.1 Å². The highest BCUT2D eigenvalue weighted by atomic mass is 16.6. The molecule has 0 aromatic carbocycles. The van der Waals surface area contributed by atoms with Gasteiger partial charge in [-0.1, -0.05) is 27.2 Å². The van der Waals surface area contributed by atoms with Crippen LogP contribution < -0.4 is 5.32 Å². The molecule has 1 atom stereocenters. The van der Waals surface area contributed by atoms with E-state index in [0.29, 0.717) is 12.1 Å². The first kappa shape index (κ1) is 15.3. The summed E-state index contributed by atoms with van der Waals surface area (Å²) in [4.78, 5) is 0. The van der Waals surface area contributed by atoms with Crippen molar-refractivity contribution in [3.63, 3.8) is 0 Å². The van der Waals surface area contributed by atoms with Crippen molar-refractivity contribution in [2.75, 3.05) is 19.8 Å². The number of nitrogens with one attached hydrogen (secondary N) is 1. The Bertz CT molecular complexity index is 253. The van der Waals surface area contributed by atoms with Crippen LogP contribution in [-0.4, -0.2) is 37.5 Å². The highest BCUT2D eigenvalue weighted by Gasteiger charge is 2.38. The summed E-state index contributed by atoms with van der Waals surface area (Å²) in [5.74, 6) is 0.913. The van der Waals surface area contributed by atoms with Crippen LogP contribution >= 0.6 is 0 Å². The molecule has 1 aliphatic carbocycles. The molecule has 1 heterocycles. The predicted molar refractivity (Wildman–Crippen MR) is 78.4 cm³/mol. The van der Waals surface area contributed by atoms with Gasteiger partial charge in [-0.25, -0.2) is 0 Å². The summed E-state index contributed by atoms with van der Waals surface area (Å²) in [6.45, 7) is 9.40. The zero-order valence-corrected chi connectivity index (χ0v) is 12.9. The molecule has 1 saturated carbocycles. The topological polar surface area (TPSA) is 30.5 Å². The number of rotatable bonds is 6. The largest absolute Gasteiger partial charge is 0.379 e. The fourth-order valence-corrected chi connectivity index (χ4v) is 3.30. The van der Waals surface area contributed by atoms with Crippen molar-refractivity contribution in [2.24, 2.45) is 5.92 Å². The first-order valence-corrected chi connectivity index (χ1v) is 8.12. The van der Waals surface area contributed by atoms with Crippen molar-refractivity contribution in [1.82, 2.24) is 5.32 Å². The van der Waals surface area contributed by atoms with E-state index in [9.17, 15) is 0 Å². The number of hydrogen-bond donors (Lipinski definition) is 1. The Morgan fingerprint density at radius 1 is 1.26 bits per heavy atom. The van der Waals surface area contributed by atoms with Gasteiger partial charge in [-0.15, -0.1) is 0 Å². The normalized spacial score (nSPS) is 36.0. The summed E-state index contributed by atoms with van der Waals surface area (Å²) in [6, 6.07) is 0.532. The number of ether oxygens (including phenoxy) is 2. The lowest BCUT2D eigenvalue weighted by molar-refractivity contribution is -0.118. The van der Waals surface area contributed by atoms with Gasteiger partial charge in [0.05, 0.1) is 18.3 Å². The third kappa shape index (κ3) is 4.44. The minimum absolute atomic E-state index is 0.0638. The molecule has 1 aliphatic heterocycles. The van der Waals surface area contributed by atoms with Crippen LogP contribution in [-0.2, 0) is 9.47 Å². The summed E-state index contributed by atoms with van der Waals surface area (Å²) in [7, 11) is 0. The van der Waals surface area contributed by atoms with Crippen LogP contribution in [0.3, 0.4) is 0 Å². The molecule has 0 aromatic rings. The van der Waals surface area contributed by atoms with Crippen molar-refractivity contribution in [1.29, 1.82) is 0 Å². The molecular formula is C16H31NO2. The fourth-order valence-electron chi connectivity index (χ4n) is 3.30.